The maximum absolute atomic E-state index is 10.1. The molecule has 0 unspecified atom stereocenters. The summed E-state index contributed by atoms with van der Waals surface area (Å²) in [5.41, 5.74) is -0.670. The molecule has 17 nitrogen and oxygen atoms in total. The van der Waals surface area contributed by atoms with Crippen LogP contribution < -0.4 is 0 Å². The third-order valence-electron chi connectivity index (χ3n) is 3.15. The first-order valence-electron chi connectivity index (χ1n) is 18.8. The Labute approximate surface area is 355 Å². The Kier molecular flexibility index (Phi) is 82.4. The first kappa shape index (κ1) is 56.8. The molecule has 0 saturated carbocycles. The normalized spacial score (nSPS) is 9.39. The molecule has 0 aromatic carbocycles. The van der Waals surface area contributed by atoms with Crippen molar-refractivity contribution in [2.24, 2.45) is 0 Å². The van der Waals surface area contributed by atoms with Gasteiger partial charge in [-0.15, -0.1) is 12.5 Å². The molecule has 0 rings (SSSR count). The number of carboxylic acid groups (broad SMARTS) is 2. The van der Waals surface area contributed by atoms with Gasteiger partial charge in [0, 0.05) is 72.9 Å². The maximum atomic E-state index is 10.1. The van der Waals surface area contributed by atoms with Gasteiger partial charge in [0.15, 0.2) is 7.85 Å². The van der Waals surface area contributed by atoms with Crippen LogP contribution in [0.3, 0.4) is 0 Å². The molecule has 0 atom stereocenters. The van der Waals surface area contributed by atoms with Crippen molar-refractivity contribution in [2.45, 2.75) is 106 Å². The van der Waals surface area contributed by atoms with Gasteiger partial charge in [0.25, 0.3) is 5.97 Å². The van der Waals surface area contributed by atoms with Crippen LogP contribution in [0, 0.1) is 0 Å². The number of carbonyl (C=O) groups excluding carboxylic acids is 8. The van der Waals surface area contributed by atoms with E-state index in [9.17, 15) is 43.2 Å². The number of hydrogen-bond donors (Lipinski definition) is 3. The SMILES string of the molecule is CC(=O)O.COC(C)=O.[2H]C(=O)CC(=O)OC.[2H]CC/C=C/CC(=O)O.[2H]CC/C=C/C[C-]=O.[2H]CCC(=O)OC.[2H]CCC=O.[2H]CCCO.[B]C(=O)CC(=O)OC.[Y]. The molecule has 0 aromatic rings. The van der Waals surface area contributed by atoms with Crippen LogP contribution in [-0.4, -0.2) is 119 Å². The molecule has 0 aliphatic heterocycles. The smallest absolute Gasteiger partial charge is 0.312 e. The van der Waals surface area contributed by atoms with Crippen LogP contribution in [0.2, 0.25) is 0 Å². The number of esters is 4. The Morgan fingerprint density at radius 3 is 1.37 bits per heavy atom. The molecule has 54 heavy (non-hydrogen) atoms. The zero-order valence-corrected chi connectivity index (χ0v) is 35.0. The van der Waals surface area contributed by atoms with Crippen LogP contribution in [-0.2, 0) is 99.6 Å². The molecule has 311 valence electrons. The minimum atomic E-state index is -0.920. The summed E-state index contributed by atoms with van der Waals surface area (Å²) in [5.74, 6) is -3.47. The Hall–Kier alpha value is -3.89. The van der Waals surface area contributed by atoms with Crippen LogP contribution in [0.4, 0.5) is 0 Å². The van der Waals surface area contributed by atoms with Crippen LogP contribution in [0.1, 0.15) is 114 Å². The summed E-state index contributed by atoms with van der Waals surface area (Å²) in [6, 6.07) is 0. The van der Waals surface area contributed by atoms with E-state index in [4.69, 9.17) is 28.3 Å². The molecule has 0 saturated heterocycles. The van der Waals surface area contributed by atoms with Gasteiger partial charge in [0.1, 0.15) is 20.3 Å². The van der Waals surface area contributed by atoms with Crippen molar-refractivity contribution in [3.8, 4) is 0 Å². The van der Waals surface area contributed by atoms with Crippen LogP contribution >= 0.6 is 0 Å². The number of carboxylic acids is 2. The molecule has 0 bridgehead atoms. The molecule has 3 radical (unpaired) electrons. The molecule has 3 N–H and O–H groups in total. The number of ether oxygens (including phenoxy) is 4. The molecule has 0 spiro atoms. The summed E-state index contributed by atoms with van der Waals surface area (Å²) in [6.45, 7) is 4.02. The number of allylic oxidation sites excluding steroid dienone is 3. The average Bonchev–Trinajstić information content (AvgIpc) is 3.17. The number of aliphatic hydroxyl groups is 1. The summed E-state index contributed by atoms with van der Waals surface area (Å²) in [4.78, 5) is 97.2. The van der Waals surface area contributed by atoms with Crippen LogP contribution in [0.15, 0.2) is 24.3 Å². The number of aliphatic carboxylic acids is 2. The maximum Gasteiger partial charge on any atom is 0.312 e. The average molecular weight is 861 g/mol. The third kappa shape index (κ3) is 184. The number of rotatable bonds is 13. The van der Waals surface area contributed by atoms with Gasteiger partial charge >= 0.3 is 29.8 Å². The monoisotopic (exact) mass is 860 g/mol. The number of hydrogen-bond acceptors (Lipinski definition) is 15. The van der Waals surface area contributed by atoms with Crippen molar-refractivity contribution in [3.63, 3.8) is 0 Å². The first-order chi connectivity index (χ1) is 27.7. The summed E-state index contributed by atoms with van der Waals surface area (Å²) < 4.78 is 55.5. The molecule has 0 aliphatic carbocycles. The van der Waals surface area contributed by atoms with Crippen molar-refractivity contribution in [1.82, 2.24) is 0 Å². The van der Waals surface area contributed by atoms with E-state index in [1.807, 2.05) is 6.08 Å². The summed E-state index contributed by atoms with van der Waals surface area (Å²) >= 11 is 0. The fourth-order valence-corrected chi connectivity index (χ4v) is 0.999. The quantitative estimate of drug-likeness (QED) is 0.0453. The Bertz CT molecular complexity index is 1070. The number of aliphatic hydroxyl groups excluding tert-OH is 1. The topological polar surface area (TPSA) is 268 Å². The molecule has 0 aliphatic rings. The Balaban J connectivity index is -0.0000000591. The fourth-order valence-electron chi connectivity index (χ4n) is 0.999. The molecular formula is C35H62BO17Y-. The molecular weight excluding hydrogens is 792 g/mol. The fraction of sp³-hybridized carbons (Fsp3) is 0.600. The van der Waals surface area contributed by atoms with Gasteiger partial charge in [0.05, 0.1) is 47.0 Å². The zero-order valence-electron chi connectivity index (χ0n) is 38.2. The van der Waals surface area contributed by atoms with E-state index >= 15 is 0 Å². The second kappa shape index (κ2) is 78.3. The third-order valence-corrected chi connectivity index (χ3v) is 3.15. The Morgan fingerprint density at radius 1 is 0.722 bits per heavy atom. The van der Waals surface area contributed by atoms with E-state index in [1.165, 1.54) is 35.4 Å². The van der Waals surface area contributed by atoms with E-state index in [0.29, 0.717) is 46.4 Å². The van der Waals surface area contributed by atoms with Gasteiger partial charge < -0.3 is 53.4 Å². The predicted molar refractivity (Wildman–Crippen MR) is 199 cm³/mol. The van der Waals surface area contributed by atoms with Gasteiger partial charge in [-0.1, -0.05) is 52.7 Å². The minimum Gasteiger partial charge on any atom is -0.541 e. The van der Waals surface area contributed by atoms with E-state index in [0.717, 1.165) is 19.6 Å². The van der Waals surface area contributed by atoms with Crippen molar-refractivity contribution >= 4 is 68.2 Å². The largest absolute Gasteiger partial charge is 0.541 e. The van der Waals surface area contributed by atoms with Crippen molar-refractivity contribution < 1.29 is 123 Å². The van der Waals surface area contributed by atoms with Crippen LogP contribution in [0.25, 0.3) is 0 Å². The molecule has 0 heterocycles. The summed E-state index contributed by atoms with van der Waals surface area (Å²) in [7, 11) is 9.67. The molecule has 0 fully saturated rings. The summed E-state index contributed by atoms with van der Waals surface area (Å²) in [6.07, 6.45) is 10.6. The van der Waals surface area contributed by atoms with Gasteiger partial charge in [-0.2, -0.15) is 0 Å². The van der Waals surface area contributed by atoms with E-state index in [2.05, 4.69) is 26.8 Å². The molecule has 0 amide bonds. The number of methoxy groups -OCH3 is 4. The second-order valence-electron chi connectivity index (χ2n) is 7.66. The number of carbonyl (C=O) groups is 9. The predicted octanol–water partition coefficient (Wildman–Crippen LogP) is 3.69. The van der Waals surface area contributed by atoms with Gasteiger partial charge in [0.2, 0.25) is 0 Å². The standard InChI is InChI=1S/C6H10O2.C6H9O.C4H5BO3.C4H6O3.C4H8O2.C3H6O2.C3H8O.C3H6O.C2H4O2.Y/c1-2-3-4-5-6(7)8;1-2-3-4-5-6-7;1-8-4(7)2-3(5)6;1-7-4(6)2-3-5;1-3-4(5)6-2;1-3(4)5-2;2*1-2-3-4;1-2(3)4;/h3-4H,2,5H2,1H3,(H,7,8);3-4H,2,5H2,1H3;2H2,1H3;3H,2H2,1H3;3H2,1-2H3;1-2H3;4H,2-3H2,1H3;3H,2H2,1H3;1H3,(H,3,4);/q;-1;;;;;;;;/b2*4-3+;;;;;;;;/i2*1D;;3D;1D;;2*1D;;. The minimum absolute atomic E-state index is 0. The number of aldehydes is 2. The summed E-state index contributed by atoms with van der Waals surface area (Å²) in [5, 5.41) is 23.5. The van der Waals surface area contributed by atoms with E-state index in [1.54, 1.807) is 24.5 Å². The van der Waals surface area contributed by atoms with Gasteiger partial charge in [-0.3, -0.25) is 35.1 Å². The van der Waals surface area contributed by atoms with E-state index in [-0.39, 0.29) is 84.3 Å². The van der Waals surface area contributed by atoms with E-state index < -0.39 is 42.2 Å². The van der Waals surface area contributed by atoms with Gasteiger partial charge in [-0.25, -0.2) is 0 Å². The van der Waals surface area contributed by atoms with Crippen molar-refractivity contribution in [3.05, 3.63) is 24.3 Å². The van der Waals surface area contributed by atoms with Crippen molar-refractivity contribution in [2.75, 3.05) is 35.0 Å². The van der Waals surface area contributed by atoms with Crippen LogP contribution in [0.5, 0.6) is 0 Å². The van der Waals surface area contributed by atoms with Crippen molar-refractivity contribution in [1.29, 1.82) is 0 Å². The van der Waals surface area contributed by atoms with Gasteiger partial charge in [-0.05, 0) is 19.3 Å². The molecule has 19 heteroatoms. The first-order valence-corrected chi connectivity index (χ1v) is 14.8. The second-order valence-corrected chi connectivity index (χ2v) is 7.66. The zero-order chi connectivity index (χ0) is 48.3. The Morgan fingerprint density at radius 2 is 1.19 bits per heavy atom. The molecule has 0 aromatic heterocycles.